The Balaban J connectivity index is 2.28. The van der Waals surface area contributed by atoms with Crippen molar-refractivity contribution in [2.75, 3.05) is 40.3 Å². The maximum absolute atomic E-state index is 15.2. The average molecular weight is 347 g/mol. The summed E-state index contributed by atoms with van der Waals surface area (Å²) >= 11 is 0. The molecule has 0 unspecified atom stereocenters. The van der Waals surface area contributed by atoms with E-state index in [0.717, 1.165) is 0 Å². The van der Waals surface area contributed by atoms with Crippen molar-refractivity contribution in [3.05, 3.63) is 28.6 Å². The minimum atomic E-state index is -0.693. The van der Waals surface area contributed by atoms with Crippen molar-refractivity contribution in [3.63, 3.8) is 0 Å². The fourth-order valence-corrected chi connectivity index (χ4v) is 2.97. The van der Waals surface area contributed by atoms with Crippen LogP contribution in [0, 0.1) is 51.1 Å². The van der Waals surface area contributed by atoms with Crippen molar-refractivity contribution in [1.82, 2.24) is 0 Å². The van der Waals surface area contributed by atoms with Gasteiger partial charge in [0.15, 0.2) is 17.0 Å². The number of benzene rings is 1. The molecule has 1 aromatic carbocycles. The molecule has 0 fully saturated rings. The van der Waals surface area contributed by atoms with Crippen LogP contribution in [0.2, 0.25) is 0 Å². The van der Waals surface area contributed by atoms with E-state index < -0.39 is 5.82 Å². The van der Waals surface area contributed by atoms with E-state index in [1.54, 1.807) is 24.3 Å². The highest BCUT2D eigenvalue weighted by molar-refractivity contribution is 6.05. The van der Waals surface area contributed by atoms with Crippen molar-refractivity contribution >= 4 is 28.4 Å². The van der Waals surface area contributed by atoms with Crippen molar-refractivity contribution in [2.45, 2.75) is 0 Å². The highest BCUT2D eigenvalue weighted by Gasteiger charge is 2.38. The number of fused-ring (bicyclic) bond motifs is 2. The number of nitrogens with two attached hydrogens (primary N) is 1. The van der Waals surface area contributed by atoms with Gasteiger partial charge in [0, 0.05) is 14.1 Å². The first-order valence-corrected chi connectivity index (χ1v) is 7.16. The molecule has 0 aliphatic carbocycles. The van der Waals surface area contributed by atoms with E-state index in [-0.39, 0.29) is 51.2 Å². The first kappa shape index (κ1) is 16.4. The molecule has 1 aromatic rings. The third kappa shape index (κ3) is 1.91. The Bertz CT molecular complexity index is 966. The first-order valence-electron chi connectivity index (χ1n) is 7.16. The van der Waals surface area contributed by atoms with E-state index in [2.05, 4.69) is 10.6 Å². The Morgan fingerprint density at radius 2 is 1.27 bits per heavy atom. The van der Waals surface area contributed by atoms with E-state index in [4.69, 9.17) is 26.8 Å². The van der Waals surface area contributed by atoms with Gasteiger partial charge in [-0.05, 0) is 0 Å². The zero-order chi connectivity index (χ0) is 19.2. The molecule has 2 heterocycles. The van der Waals surface area contributed by atoms with Crippen molar-refractivity contribution in [1.29, 1.82) is 21.0 Å². The quantitative estimate of drug-likeness (QED) is 0.469. The lowest BCUT2D eigenvalue weighted by molar-refractivity contribution is 0.634. The molecule has 0 spiro atoms. The predicted octanol–water partition coefficient (Wildman–Crippen LogP) is 1.65. The fourth-order valence-electron chi connectivity index (χ4n) is 2.97. The second-order valence-corrected chi connectivity index (χ2v) is 5.44. The van der Waals surface area contributed by atoms with Crippen molar-refractivity contribution in [2.24, 2.45) is 0 Å². The van der Waals surface area contributed by atoms with Gasteiger partial charge in [-0.2, -0.15) is 21.0 Å². The van der Waals surface area contributed by atoms with E-state index in [1.165, 1.54) is 23.9 Å². The number of allylic oxidation sites excluding steroid dienone is 2. The number of hydrogen-bond donors (Lipinski definition) is 3. The van der Waals surface area contributed by atoms with Gasteiger partial charge in [-0.15, -0.1) is 0 Å². The number of nitrogens with zero attached hydrogens (tertiary/aromatic N) is 6. The second kappa shape index (κ2) is 5.59. The molecule has 126 valence electrons. The van der Waals surface area contributed by atoms with Gasteiger partial charge < -0.3 is 26.2 Å². The third-order valence-corrected chi connectivity index (χ3v) is 4.17. The van der Waals surface area contributed by atoms with E-state index >= 15 is 4.39 Å². The molecular weight excluding hydrogens is 337 g/mol. The molecule has 0 amide bonds. The van der Waals surface area contributed by atoms with Gasteiger partial charge in [0.1, 0.15) is 47.3 Å². The number of nitrogens with one attached hydrogen (secondary N) is 2. The molecule has 0 radical (unpaired) electrons. The van der Waals surface area contributed by atoms with Crippen molar-refractivity contribution in [3.8, 4) is 24.3 Å². The van der Waals surface area contributed by atoms with Crippen LogP contribution in [0.15, 0.2) is 22.8 Å². The van der Waals surface area contributed by atoms with Gasteiger partial charge in [0.2, 0.25) is 0 Å². The van der Waals surface area contributed by atoms with Crippen LogP contribution in [0.1, 0.15) is 0 Å². The molecule has 26 heavy (non-hydrogen) atoms. The van der Waals surface area contributed by atoms with Crippen LogP contribution in [-0.4, -0.2) is 14.1 Å². The summed E-state index contributed by atoms with van der Waals surface area (Å²) in [5.74, 6) is -0.457. The van der Waals surface area contributed by atoms with Gasteiger partial charge in [0.05, 0.1) is 17.1 Å². The number of hydrogen-bond acceptors (Lipinski definition) is 9. The highest BCUT2D eigenvalue weighted by Crippen LogP contribution is 2.54. The molecule has 4 N–H and O–H groups in total. The van der Waals surface area contributed by atoms with Crippen LogP contribution in [0.4, 0.5) is 32.8 Å². The number of anilines is 5. The molecule has 10 heteroatoms. The largest absolute Gasteiger partial charge is 0.395 e. The molecule has 3 rings (SSSR count). The van der Waals surface area contributed by atoms with Crippen LogP contribution < -0.4 is 26.2 Å². The molecule has 0 saturated carbocycles. The summed E-state index contributed by atoms with van der Waals surface area (Å²) in [6.45, 7) is 0. The van der Waals surface area contributed by atoms with Crippen LogP contribution >= 0.6 is 0 Å². The zero-order valence-corrected chi connectivity index (χ0v) is 13.6. The summed E-state index contributed by atoms with van der Waals surface area (Å²) < 4.78 is 15.2. The summed E-state index contributed by atoms with van der Waals surface area (Å²) in [5.41, 5.74) is 6.40. The maximum Gasteiger partial charge on any atom is 0.174 e. The van der Waals surface area contributed by atoms with Gasteiger partial charge in [-0.3, -0.25) is 0 Å². The zero-order valence-electron chi connectivity index (χ0n) is 13.6. The van der Waals surface area contributed by atoms with Crippen LogP contribution in [0.25, 0.3) is 0 Å². The number of nitriles is 4. The first-order chi connectivity index (χ1) is 12.4. The SMILES string of the molecule is CN1C(=C(C#N)C#N)Nc2c(F)c3c(c(N)c21)NC(=C(C#N)C#N)N3C. The Morgan fingerprint density at radius 1 is 0.846 bits per heavy atom. The highest BCUT2D eigenvalue weighted by atomic mass is 19.1. The summed E-state index contributed by atoms with van der Waals surface area (Å²) in [4.78, 5) is 2.73. The molecule has 0 bridgehead atoms. The van der Waals surface area contributed by atoms with Gasteiger partial charge in [-0.1, -0.05) is 0 Å². The summed E-state index contributed by atoms with van der Waals surface area (Å²) in [6, 6.07) is 6.99. The molecule has 2 aliphatic heterocycles. The van der Waals surface area contributed by atoms with E-state index in [1.807, 2.05) is 0 Å². The molecule has 0 aromatic heterocycles. The van der Waals surface area contributed by atoms with Crippen molar-refractivity contribution < 1.29 is 4.39 Å². The maximum atomic E-state index is 15.2. The molecule has 2 aliphatic rings. The van der Waals surface area contributed by atoms with Gasteiger partial charge >= 0.3 is 0 Å². The Hall–Kier alpha value is -4.41. The molecular formula is C16H10FN9. The minimum Gasteiger partial charge on any atom is -0.395 e. The standard InChI is InChI=1S/C16H10FN9/c1-25-13-9(17)11-14(26(2)15(23-11)7(3-18)4-19)10(22)12(13)24-16(25)8(5-20)6-21/h23-24H,22H2,1-2H3. The lowest BCUT2D eigenvalue weighted by Crippen LogP contribution is -2.18. The predicted molar refractivity (Wildman–Crippen MR) is 91.4 cm³/mol. The lowest BCUT2D eigenvalue weighted by Gasteiger charge is -2.17. The summed E-state index contributed by atoms with van der Waals surface area (Å²) in [7, 11) is 3.03. The topological polar surface area (TPSA) is 152 Å². The smallest absolute Gasteiger partial charge is 0.174 e. The molecule has 9 nitrogen and oxygen atoms in total. The molecule has 0 saturated heterocycles. The normalized spacial score (nSPS) is 13.5. The average Bonchev–Trinajstić information content (AvgIpc) is 3.15. The van der Waals surface area contributed by atoms with Gasteiger partial charge in [0.25, 0.3) is 0 Å². The van der Waals surface area contributed by atoms with Gasteiger partial charge in [-0.25, -0.2) is 4.39 Å². The number of nitrogen functional groups attached to an aromatic ring is 1. The fraction of sp³-hybridized carbons (Fsp3) is 0.125. The third-order valence-electron chi connectivity index (χ3n) is 4.17. The number of halogens is 1. The number of rotatable bonds is 0. The van der Waals surface area contributed by atoms with Crippen LogP contribution in [0.3, 0.4) is 0 Å². The Kier molecular flexibility index (Phi) is 3.54. The summed E-state index contributed by atoms with van der Waals surface area (Å²) in [5, 5.41) is 41.8. The van der Waals surface area contributed by atoms with Crippen LogP contribution in [0.5, 0.6) is 0 Å². The Labute approximate surface area is 147 Å². The van der Waals surface area contributed by atoms with E-state index in [0.29, 0.717) is 0 Å². The molecule has 0 atom stereocenters. The second-order valence-electron chi connectivity index (χ2n) is 5.44. The van der Waals surface area contributed by atoms with Crippen LogP contribution in [-0.2, 0) is 0 Å². The van der Waals surface area contributed by atoms with E-state index in [9.17, 15) is 0 Å². The minimum absolute atomic E-state index is 0.00659. The monoisotopic (exact) mass is 347 g/mol. The summed E-state index contributed by atoms with van der Waals surface area (Å²) in [6.07, 6.45) is 0. The lowest BCUT2D eigenvalue weighted by atomic mass is 10.1. The Morgan fingerprint density at radius 3 is 1.73 bits per heavy atom.